The van der Waals surface area contributed by atoms with Gasteiger partial charge in [-0.05, 0) is 45.0 Å². The summed E-state index contributed by atoms with van der Waals surface area (Å²) in [5, 5.41) is 2.24. The molecule has 0 aliphatic carbocycles. The van der Waals surface area contributed by atoms with E-state index >= 15 is 0 Å². The van der Waals surface area contributed by atoms with Gasteiger partial charge in [-0.3, -0.25) is 14.8 Å². The van der Waals surface area contributed by atoms with Crippen molar-refractivity contribution in [3.8, 4) is 0 Å². The van der Waals surface area contributed by atoms with Crippen molar-refractivity contribution in [1.29, 1.82) is 0 Å². The second-order valence-electron chi connectivity index (χ2n) is 9.60. The Bertz CT molecular complexity index is 1350. The van der Waals surface area contributed by atoms with Crippen LogP contribution < -0.4 is 5.32 Å². The fourth-order valence-corrected chi connectivity index (χ4v) is 6.25. The van der Waals surface area contributed by atoms with Gasteiger partial charge in [0.1, 0.15) is 30.0 Å². The number of carbonyl (C=O) groups is 1. The molecule has 2 saturated heterocycles. The smallest absolute Gasteiger partial charge is 0.449 e. The number of carbonyl (C=O) groups excluding carboxylic acids is 1. The maximum Gasteiger partial charge on any atom is 0.449 e. The lowest BCUT2D eigenvalue weighted by molar-refractivity contribution is -0.163. The third kappa shape index (κ3) is 7.02. The van der Waals surface area contributed by atoms with Crippen LogP contribution in [0.15, 0.2) is 51.5 Å². The number of sulfonamides is 1. The molecule has 0 saturated carbocycles. The zero-order valence-corrected chi connectivity index (χ0v) is 23.2. The molecule has 1 N–H and O–H groups in total. The van der Waals surface area contributed by atoms with Gasteiger partial charge < -0.3 is 15.0 Å². The average molecular weight is 634 g/mol. The van der Waals surface area contributed by atoms with Crippen LogP contribution in [-0.2, 0) is 19.6 Å². The normalized spacial score (nSPS) is 27.4. The van der Waals surface area contributed by atoms with E-state index < -0.39 is 93.7 Å². The summed E-state index contributed by atoms with van der Waals surface area (Å²) in [7, 11) is -4.58. The average Bonchev–Trinajstić information content (AvgIpc) is 3.29. The molecule has 234 valence electrons. The molecule has 0 radical (unpaired) electrons. The molecule has 9 nitrogen and oxygen atoms in total. The molecule has 1 unspecified atom stereocenters. The zero-order valence-electron chi connectivity index (χ0n) is 22.4. The maximum absolute atomic E-state index is 14.8. The van der Waals surface area contributed by atoms with E-state index in [1.807, 2.05) is 0 Å². The Morgan fingerprint density at radius 2 is 1.81 bits per heavy atom. The van der Waals surface area contributed by atoms with E-state index in [0.717, 1.165) is 31.2 Å². The molecule has 42 heavy (non-hydrogen) atoms. The Morgan fingerprint density at radius 1 is 1.21 bits per heavy atom. The predicted molar refractivity (Wildman–Crippen MR) is 134 cm³/mol. The van der Waals surface area contributed by atoms with Gasteiger partial charge in [0.2, 0.25) is 21.8 Å². The quantitative estimate of drug-likeness (QED) is 0.146. The minimum atomic E-state index is -5.06. The predicted octanol–water partition coefficient (Wildman–Crippen LogP) is 3.93. The second-order valence-corrected chi connectivity index (χ2v) is 11.4. The van der Waals surface area contributed by atoms with E-state index in [1.165, 1.54) is 13.8 Å². The largest absolute Gasteiger partial charge is 0.483 e. The van der Waals surface area contributed by atoms with Gasteiger partial charge in [0, 0.05) is 13.0 Å². The number of hydrogen-bond acceptors (Lipinski definition) is 6. The lowest BCUT2D eigenvalue weighted by Crippen LogP contribution is -2.50. The number of allylic oxidation sites excluding steroid dienone is 1. The van der Waals surface area contributed by atoms with Crippen LogP contribution in [0.5, 0.6) is 0 Å². The Morgan fingerprint density at radius 3 is 2.33 bits per heavy atom. The summed E-state index contributed by atoms with van der Waals surface area (Å²) in [6, 6.07) is 0.437. The van der Waals surface area contributed by atoms with E-state index in [-0.39, 0.29) is 6.54 Å². The Kier molecular flexibility index (Phi) is 9.32. The third-order valence-corrected chi connectivity index (χ3v) is 8.54. The number of amides is 1. The number of ether oxygens (including phenoxy) is 1. The summed E-state index contributed by atoms with van der Waals surface area (Å²) in [5.41, 5.74) is -1.98. The van der Waals surface area contributed by atoms with E-state index in [2.05, 4.69) is 26.6 Å². The number of alkyl halides is 7. The first-order chi connectivity index (χ1) is 19.2. The molecule has 3 rings (SSSR count). The molecule has 2 aliphatic heterocycles. The second kappa shape index (κ2) is 11.8. The molecular weight excluding hydrogens is 606 g/mol. The molecule has 18 heteroatoms. The number of hydrogen-bond donors (Lipinski definition) is 1. The minimum absolute atomic E-state index is 0.347. The maximum atomic E-state index is 14.8. The highest BCUT2D eigenvalue weighted by molar-refractivity contribution is 7.89. The monoisotopic (exact) mass is 633 g/mol. The van der Waals surface area contributed by atoms with Crippen LogP contribution in [0, 0.1) is 5.82 Å². The molecule has 1 aromatic carbocycles. The van der Waals surface area contributed by atoms with Gasteiger partial charge in [0.25, 0.3) is 0 Å². The standard InChI is InChI=1S/C24H27F8N5O4S/c1-5-33-21(24(30,31)32)36-20(22(36,4)34-11-13(2)41-12-23(27,28)29)35-19(38)18-10-17(26)14(3)37(18)42(39,40)16-8-6-15(25)7-9-16/h6-9,11,14,17-18,20H,2,5,10,12H2,1,3-4H3,(H,35,38)/t14-,17+,18-,20?,22+,36?/m0/s1. The lowest BCUT2D eigenvalue weighted by atomic mass is 10.1. The first-order valence-corrected chi connectivity index (χ1v) is 13.8. The van der Waals surface area contributed by atoms with Crippen molar-refractivity contribution in [3.63, 3.8) is 0 Å². The van der Waals surface area contributed by atoms with Crippen molar-refractivity contribution < 1.29 is 53.1 Å². The van der Waals surface area contributed by atoms with Crippen LogP contribution >= 0.6 is 0 Å². The molecular formula is C24H27F8N5O4S. The van der Waals surface area contributed by atoms with Gasteiger partial charge in [-0.25, -0.2) is 17.2 Å². The van der Waals surface area contributed by atoms with E-state index in [4.69, 9.17) is 0 Å². The van der Waals surface area contributed by atoms with Gasteiger partial charge in [-0.15, -0.1) is 0 Å². The zero-order chi connectivity index (χ0) is 31.8. The molecule has 0 aromatic heterocycles. The molecule has 2 aliphatic rings. The van der Waals surface area contributed by atoms with Crippen molar-refractivity contribution in [2.75, 3.05) is 13.2 Å². The summed E-state index contributed by atoms with van der Waals surface area (Å²) < 4.78 is 139. The molecule has 5 atom stereocenters. The van der Waals surface area contributed by atoms with E-state index in [1.54, 1.807) is 0 Å². The molecule has 1 aromatic rings. The van der Waals surface area contributed by atoms with Crippen LogP contribution in [0.2, 0.25) is 0 Å². The van der Waals surface area contributed by atoms with E-state index in [0.29, 0.717) is 15.4 Å². The Hall–Kier alpha value is -3.28. The van der Waals surface area contributed by atoms with E-state index in [9.17, 15) is 48.3 Å². The fraction of sp³-hybridized carbons (Fsp3) is 0.542. The van der Waals surface area contributed by atoms with Crippen molar-refractivity contribution in [2.45, 2.75) is 74.5 Å². The first kappa shape index (κ1) is 33.2. The van der Waals surface area contributed by atoms with Gasteiger partial charge >= 0.3 is 12.4 Å². The highest BCUT2D eigenvalue weighted by Crippen LogP contribution is 2.45. The van der Waals surface area contributed by atoms with Crippen molar-refractivity contribution in [2.24, 2.45) is 9.98 Å². The summed E-state index contributed by atoms with van der Waals surface area (Å²) in [5.74, 6) is -4.05. The lowest BCUT2D eigenvalue weighted by Gasteiger charge is -2.27. The van der Waals surface area contributed by atoms with Crippen LogP contribution in [0.3, 0.4) is 0 Å². The Balaban J connectivity index is 1.92. The number of nitrogens with zero attached hydrogens (tertiary/aromatic N) is 4. The van der Waals surface area contributed by atoms with Crippen LogP contribution in [0.25, 0.3) is 0 Å². The summed E-state index contributed by atoms with van der Waals surface area (Å²) in [6.07, 6.45) is -13.2. The van der Waals surface area contributed by atoms with Crippen molar-refractivity contribution in [1.82, 2.24) is 14.5 Å². The molecule has 0 spiro atoms. The summed E-state index contributed by atoms with van der Waals surface area (Å²) in [4.78, 5) is 20.7. The van der Waals surface area contributed by atoms with Crippen LogP contribution in [-0.4, -0.2) is 91.2 Å². The number of benzene rings is 1. The fourth-order valence-electron chi connectivity index (χ4n) is 4.44. The van der Waals surface area contributed by atoms with Crippen LogP contribution in [0.4, 0.5) is 35.1 Å². The summed E-state index contributed by atoms with van der Waals surface area (Å²) >= 11 is 0. The molecule has 0 bridgehead atoms. The first-order valence-electron chi connectivity index (χ1n) is 12.3. The number of halogens is 8. The van der Waals surface area contributed by atoms with Gasteiger partial charge in [0.15, 0.2) is 12.3 Å². The van der Waals surface area contributed by atoms with Crippen molar-refractivity contribution >= 4 is 28.0 Å². The highest BCUT2D eigenvalue weighted by atomic mass is 32.2. The highest BCUT2D eigenvalue weighted by Gasteiger charge is 2.67. The van der Waals surface area contributed by atoms with Crippen molar-refractivity contribution in [3.05, 3.63) is 42.4 Å². The Labute approximate surface area is 236 Å². The van der Waals surface area contributed by atoms with Gasteiger partial charge in [0.05, 0.1) is 17.2 Å². The van der Waals surface area contributed by atoms with Gasteiger partial charge in [-0.2, -0.15) is 30.6 Å². The summed E-state index contributed by atoms with van der Waals surface area (Å²) in [6.45, 7) is 4.72. The van der Waals surface area contributed by atoms with Crippen LogP contribution in [0.1, 0.15) is 27.2 Å². The topological polar surface area (TPSA) is 103 Å². The number of nitrogens with one attached hydrogen (secondary N) is 1. The third-order valence-electron chi connectivity index (χ3n) is 6.53. The number of rotatable bonds is 9. The number of aliphatic imine (C=N–C) groups is 2. The molecule has 2 fully saturated rings. The molecule has 2 heterocycles. The minimum Gasteiger partial charge on any atom is -0.483 e. The molecule has 1 amide bonds. The van der Waals surface area contributed by atoms with Gasteiger partial charge in [-0.1, -0.05) is 6.58 Å². The SMILES string of the molecule is C=C(C=N[C@@]1(C)C(NC(=O)[C@@H]2C[C@@H](F)[C@H](C)N2S(=O)(=O)c2ccc(F)cc2)N1C(=NCC)C(F)(F)F)OCC(F)(F)F. The number of amidine groups is 1.